The van der Waals surface area contributed by atoms with Crippen molar-refractivity contribution in [2.24, 2.45) is 0 Å². The van der Waals surface area contributed by atoms with E-state index < -0.39 is 0 Å². The van der Waals surface area contributed by atoms with Gasteiger partial charge in [-0.15, -0.1) is 0 Å². The summed E-state index contributed by atoms with van der Waals surface area (Å²) in [5, 5.41) is 12.1. The number of amides is 2. The largest absolute Gasteiger partial charge is 0.490 e. The van der Waals surface area contributed by atoms with E-state index >= 15 is 0 Å². The number of carbonyl (C=O) groups is 2. The number of fused-ring (bicyclic) bond motifs is 1. The molecule has 1 aliphatic heterocycles. The van der Waals surface area contributed by atoms with E-state index in [0.717, 1.165) is 41.8 Å². The lowest BCUT2D eigenvalue weighted by Gasteiger charge is -2.15. The van der Waals surface area contributed by atoms with Crippen LogP contribution in [0.5, 0.6) is 5.75 Å². The van der Waals surface area contributed by atoms with Crippen LogP contribution in [-0.2, 0) is 11.2 Å². The second-order valence-electron chi connectivity index (χ2n) is 7.27. The molecule has 0 fully saturated rings. The minimum absolute atomic E-state index is 0.0619. The average Bonchev–Trinajstić information content (AvgIpc) is 3.31. The zero-order valence-corrected chi connectivity index (χ0v) is 17.7. The van der Waals surface area contributed by atoms with Gasteiger partial charge < -0.3 is 20.3 Å². The van der Waals surface area contributed by atoms with Crippen LogP contribution in [-0.4, -0.2) is 61.2 Å². The molecule has 3 N–H and O–H groups in total. The third-order valence-corrected chi connectivity index (χ3v) is 4.77. The lowest BCUT2D eigenvalue weighted by atomic mass is 10.0. The molecule has 8 heteroatoms. The number of rotatable bonds is 7. The minimum Gasteiger partial charge on any atom is -0.490 e. The van der Waals surface area contributed by atoms with Crippen LogP contribution in [0.15, 0.2) is 54.9 Å². The van der Waals surface area contributed by atoms with Gasteiger partial charge in [0.25, 0.3) is 5.91 Å². The van der Waals surface area contributed by atoms with Gasteiger partial charge in [0.15, 0.2) is 0 Å². The molecule has 0 saturated heterocycles. The van der Waals surface area contributed by atoms with Crippen molar-refractivity contribution in [3.63, 3.8) is 0 Å². The molecule has 3 aromatic rings. The molecule has 8 nitrogen and oxygen atoms in total. The lowest BCUT2D eigenvalue weighted by Crippen LogP contribution is -2.31. The normalized spacial score (nSPS) is 12.3. The highest BCUT2D eigenvalue weighted by Crippen LogP contribution is 2.30. The summed E-state index contributed by atoms with van der Waals surface area (Å²) in [4.78, 5) is 23.8. The maximum Gasteiger partial charge on any atom is 0.251 e. The molecule has 1 aliphatic rings. The number of carbonyl (C=O) groups excluding carboxylic acids is 2. The van der Waals surface area contributed by atoms with Crippen LogP contribution in [0.1, 0.15) is 15.9 Å². The third-order valence-electron chi connectivity index (χ3n) is 4.77. The Labute approximate surface area is 181 Å². The Morgan fingerprint density at radius 3 is 2.74 bits per heavy atom. The highest BCUT2D eigenvalue weighted by atomic mass is 16.5. The summed E-state index contributed by atoms with van der Waals surface area (Å²) in [5.74, 6) is 0.713. The van der Waals surface area contributed by atoms with E-state index in [-0.39, 0.29) is 5.91 Å². The molecular formula is C23H27N5O3. The van der Waals surface area contributed by atoms with Crippen molar-refractivity contribution in [2.75, 3.05) is 39.1 Å². The van der Waals surface area contributed by atoms with E-state index in [1.54, 1.807) is 6.20 Å². The fraction of sp³-hybridized carbons (Fsp3) is 0.261. The molecule has 0 bridgehead atoms. The van der Waals surface area contributed by atoms with Crippen LogP contribution in [0.3, 0.4) is 0 Å². The molecule has 0 atom stereocenters. The summed E-state index contributed by atoms with van der Waals surface area (Å²) >= 11 is 0. The fourth-order valence-electron chi connectivity index (χ4n) is 3.12. The Balaban J connectivity index is 0.000000207. The lowest BCUT2D eigenvalue weighted by molar-refractivity contribution is -0.105. The molecule has 1 aromatic heterocycles. The van der Waals surface area contributed by atoms with Crippen LogP contribution < -0.4 is 15.4 Å². The number of hydrogen-bond acceptors (Lipinski definition) is 5. The molecule has 0 saturated carbocycles. The minimum atomic E-state index is 0.0619. The number of benzene rings is 2. The van der Waals surface area contributed by atoms with Crippen molar-refractivity contribution in [2.45, 2.75) is 6.42 Å². The number of hydrogen-bond donors (Lipinski definition) is 3. The number of H-pyrrole nitrogens is 1. The zero-order valence-electron chi connectivity index (χ0n) is 17.7. The number of ether oxygens (including phenoxy) is 1. The highest BCUT2D eigenvalue weighted by Gasteiger charge is 2.14. The molecule has 0 radical (unpaired) electrons. The number of nitrogens with zero attached hydrogens (tertiary/aromatic N) is 2. The summed E-state index contributed by atoms with van der Waals surface area (Å²) in [7, 11) is 3.96. The topological polar surface area (TPSA) is 99.3 Å². The van der Waals surface area contributed by atoms with Gasteiger partial charge in [0.1, 0.15) is 12.4 Å². The summed E-state index contributed by atoms with van der Waals surface area (Å²) in [6.07, 6.45) is 5.16. The molecule has 2 amide bonds. The number of aromatic nitrogens is 2. The molecule has 2 heterocycles. The highest BCUT2D eigenvalue weighted by molar-refractivity contribution is 5.96. The molecule has 0 spiro atoms. The van der Waals surface area contributed by atoms with Crippen molar-refractivity contribution in [1.82, 2.24) is 20.4 Å². The summed E-state index contributed by atoms with van der Waals surface area (Å²) < 4.78 is 5.75. The first-order chi connectivity index (χ1) is 15.1. The second-order valence-corrected chi connectivity index (χ2v) is 7.27. The van der Waals surface area contributed by atoms with E-state index in [9.17, 15) is 9.59 Å². The standard InChI is InChI=1S/C14H18N4O2.C9H9NO/c1-18(2)5-6-20-14-7-11(12-8-16-17-9-12)3-4-13(14)15-10-19;11-9-8-4-2-1-3-7(8)5-6-10-9/h3-4,7-10H,5-6H2,1-2H3,(H,15,19)(H,16,17);1-4H,5-6H2,(H,10,11). The van der Waals surface area contributed by atoms with E-state index in [1.165, 1.54) is 0 Å². The van der Waals surface area contributed by atoms with Crippen molar-refractivity contribution in [1.29, 1.82) is 0 Å². The number of likely N-dealkylation sites (N-methyl/N-ethyl adjacent to an activating group) is 1. The van der Waals surface area contributed by atoms with Crippen LogP contribution in [0, 0.1) is 0 Å². The van der Waals surface area contributed by atoms with Crippen LogP contribution in [0.25, 0.3) is 11.1 Å². The third kappa shape index (κ3) is 6.16. The summed E-state index contributed by atoms with van der Waals surface area (Å²) in [6.45, 7) is 2.13. The zero-order chi connectivity index (χ0) is 22.1. The molecule has 0 unspecified atom stereocenters. The van der Waals surface area contributed by atoms with Crippen LogP contribution in [0.4, 0.5) is 5.69 Å². The summed E-state index contributed by atoms with van der Waals surface area (Å²) in [6, 6.07) is 13.4. The molecule has 0 aliphatic carbocycles. The second kappa shape index (κ2) is 10.9. The number of anilines is 1. The predicted octanol–water partition coefficient (Wildman–Crippen LogP) is 2.56. The Hall–Kier alpha value is -3.65. The predicted molar refractivity (Wildman–Crippen MR) is 120 cm³/mol. The fourth-order valence-corrected chi connectivity index (χ4v) is 3.12. The van der Waals surface area contributed by atoms with E-state index in [2.05, 4.69) is 20.8 Å². The van der Waals surface area contributed by atoms with Crippen molar-refractivity contribution in [3.8, 4) is 16.9 Å². The Bertz CT molecular complexity index is 1000. The van der Waals surface area contributed by atoms with Gasteiger partial charge in [0.05, 0.1) is 11.9 Å². The average molecular weight is 422 g/mol. The Kier molecular flexibility index (Phi) is 7.78. The van der Waals surface area contributed by atoms with Crippen molar-refractivity contribution in [3.05, 3.63) is 66.0 Å². The Morgan fingerprint density at radius 1 is 1.19 bits per heavy atom. The maximum absolute atomic E-state index is 11.2. The molecular weight excluding hydrogens is 394 g/mol. The first kappa shape index (κ1) is 22.0. The van der Waals surface area contributed by atoms with Crippen molar-refractivity contribution < 1.29 is 14.3 Å². The van der Waals surface area contributed by atoms with Crippen LogP contribution >= 0.6 is 0 Å². The first-order valence-corrected chi connectivity index (χ1v) is 10.1. The number of aromatic amines is 1. The Morgan fingerprint density at radius 2 is 2.03 bits per heavy atom. The maximum atomic E-state index is 11.2. The smallest absolute Gasteiger partial charge is 0.251 e. The molecule has 2 aromatic carbocycles. The monoisotopic (exact) mass is 421 g/mol. The quantitative estimate of drug-likeness (QED) is 0.509. The number of nitrogens with one attached hydrogen (secondary N) is 3. The van der Waals surface area contributed by atoms with Gasteiger partial charge in [-0.2, -0.15) is 5.10 Å². The van der Waals surface area contributed by atoms with Gasteiger partial charge in [0, 0.05) is 30.4 Å². The molecule has 162 valence electrons. The van der Waals surface area contributed by atoms with Crippen molar-refractivity contribution >= 4 is 18.0 Å². The SMILES string of the molecule is CN(C)CCOc1cc(-c2cn[nH]c2)ccc1NC=O.O=C1NCCc2ccccc21. The van der Waals surface area contributed by atoms with Gasteiger partial charge in [0.2, 0.25) is 6.41 Å². The first-order valence-electron chi connectivity index (χ1n) is 10.1. The van der Waals surface area contributed by atoms with Gasteiger partial charge in [-0.25, -0.2) is 0 Å². The van der Waals surface area contributed by atoms with E-state index in [0.29, 0.717) is 24.5 Å². The van der Waals surface area contributed by atoms with Gasteiger partial charge >= 0.3 is 0 Å². The molecule has 31 heavy (non-hydrogen) atoms. The van der Waals surface area contributed by atoms with Gasteiger partial charge in [-0.05, 0) is 49.8 Å². The summed E-state index contributed by atoms with van der Waals surface area (Å²) in [5.41, 5.74) is 4.61. The van der Waals surface area contributed by atoms with Gasteiger partial charge in [-0.3, -0.25) is 14.7 Å². The van der Waals surface area contributed by atoms with E-state index in [1.807, 2.05) is 67.7 Å². The van der Waals surface area contributed by atoms with E-state index in [4.69, 9.17) is 4.74 Å². The van der Waals surface area contributed by atoms with Crippen LogP contribution in [0.2, 0.25) is 0 Å². The molecule has 4 rings (SSSR count). The van der Waals surface area contributed by atoms with Gasteiger partial charge in [-0.1, -0.05) is 24.3 Å².